The fraction of sp³-hybridized carbons (Fsp3) is 0. The Kier molecular flexibility index (Phi) is 4.82. The lowest BCUT2D eigenvalue weighted by Crippen LogP contribution is -2.11. The molecule has 0 atom stereocenters. The molecule has 2 radical (unpaired) electrons. The Morgan fingerprint density at radius 1 is 0.467 bits per heavy atom. The molecule has 5 aromatic rings. The number of hydrogen-bond donors (Lipinski definition) is 0. The van der Waals surface area contributed by atoms with Gasteiger partial charge in [-0.1, -0.05) is 90.4 Å². The summed E-state index contributed by atoms with van der Waals surface area (Å²) in [4.78, 5) is 2.24. The highest BCUT2D eigenvalue weighted by Gasteiger charge is 2.12. The predicted octanol–water partition coefficient (Wildman–Crippen LogP) is 6.77. The maximum absolute atomic E-state index is 5.92. The number of nitrogens with zero attached hydrogens (tertiary/aromatic N) is 1. The van der Waals surface area contributed by atoms with Crippen LogP contribution in [0.1, 0.15) is 0 Å². The Morgan fingerprint density at radius 3 is 1.77 bits per heavy atom. The molecule has 0 heterocycles. The van der Waals surface area contributed by atoms with E-state index in [9.17, 15) is 0 Å². The summed E-state index contributed by atoms with van der Waals surface area (Å²) in [5, 5.41) is 2.53. The molecule has 0 spiro atoms. The second-order valence-electron chi connectivity index (χ2n) is 7.34. The fourth-order valence-electron chi connectivity index (χ4n) is 3.91. The minimum absolute atomic E-state index is 0.762. The third-order valence-corrected chi connectivity index (χ3v) is 5.39. The van der Waals surface area contributed by atoms with Crippen LogP contribution >= 0.6 is 0 Å². The van der Waals surface area contributed by atoms with Crippen molar-refractivity contribution in [2.45, 2.75) is 0 Å². The molecule has 0 amide bonds. The molecule has 0 unspecified atom stereocenters. The molecule has 30 heavy (non-hydrogen) atoms. The van der Waals surface area contributed by atoms with E-state index in [1.54, 1.807) is 0 Å². The number of para-hydroxylation sites is 1. The molecule has 2 heteroatoms. The smallest absolute Gasteiger partial charge is 0.113 e. The molecule has 140 valence electrons. The van der Waals surface area contributed by atoms with E-state index in [-0.39, 0.29) is 0 Å². The Labute approximate surface area is 178 Å². The standard InChI is InChI=1S/C28H20BN/c29-23-15-19-26(20-16-23)30(24-9-2-1-3-10-24)25-17-13-22(14-18-25)28-12-6-8-21-7-4-5-11-27(21)28/h1-20H. The Hall–Kier alpha value is -3.78. The maximum atomic E-state index is 5.92. The highest BCUT2D eigenvalue weighted by molar-refractivity contribution is 6.32. The Balaban J connectivity index is 1.59. The minimum Gasteiger partial charge on any atom is -0.311 e. The third kappa shape index (κ3) is 3.49. The summed E-state index contributed by atoms with van der Waals surface area (Å²) in [6.07, 6.45) is 0. The molecular weight excluding hydrogens is 361 g/mol. The van der Waals surface area contributed by atoms with Crippen molar-refractivity contribution in [3.8, 4) is 11.1 Å². The van der Waals surface area contributed by atoms with E-state index in [0.717, 1.165) is 22.5 Å². The summed E-state index contributed by atoms with van der Waals surface area (Å²) in [6.45, 7) is 0. The molecule has 5 aromatic carbocycles. The predicted molar refractivity (Wildman–Crippen MR) is 129 cm³/mol. The van der Waals surface area contributed by atoms with Crippen molar-refractivity contribution >= 4 is 41.1 Å². The maximum Gasteiger partial charge on any atom is 0.113 e. The van der Waals surface area contributed by atoms with Crippen LogP contribution < -0.4 is 10.4 Å². The van der Waals surface area contributed by atoms with E-state index >= 15 is 0 Å². The molecule has 0 aliphatic heterocycles. The van der Waals surface area contributed by atoms with Crippen molar-refractivity contribution in [3.63, 3.8) is 0 Å². The molecule has 1 nitrogen and oxygen atoms in total. The van der Waals surface area contributed by atoms with Crippen LogP contribution in [0.3, 0.4) is 0 Å². The van der Waals surface area contributed by atoms with Crippen LogP contribution in [0.2, 0.25) is 0 Å². The molecule has 0 aliphatic rings. The van der Waals surface area contributed by atoms with Gasteiger partial charge in [0.1, 0.15) is 7.85 Å². The topological polar surface area (TPSA) is 3.24 Å². The summed E-state index contributed by atoms with van der Waals surface area (Å²) in [5.74, 6) is 0. The SMILES string of the molecule is [B]c1ccc(N(c2ccccc2)c2ccc(-c3cccc4ccccc34)cc2)cc1. The van der Waals surface area contributed by atoms with E-state index in [1.165, 1.54) is 21.9 Å². The lowest BCUT2D eigenvalue weighted by atomic mass is 9.96. The minimum atomic E-state index is 0.762. The highest BCUT2D eigenvalue weighted by Crippen LogP contribution is 2.36. The first kappa shape index (κ1) is 18.3. The van der Waals surface area contributed by atoms with Gasteiger partial charge in [-0.3, -0.25) is 0 Å². The summed E-state index contributed by atoms with van der Waals surface area (Å²) in [7, 11) is 5.92. The summed E-state index contributed by atoms with van der Waals surface area (Å²) >= 11 is 0. The van der Waals surface area contributed by atoms with Crippen molar-refractivity contribution in [3.05, 3.63) is 121 Å². The molecule has 0 aromatic heterocycles. The quantitative estimate of drug-likeness (QED) is 0.311. The van der Waals surface area contributed by atoms with Crippen LogP contribution in [-0.2, 0) is 0 Å². The van der Waals surface area contributed by atoms with Crippen LogP contribution in [0.25, 0.3) is 21.9 Å². The molecule has 5 rings (SSSR count). The third-order valence-electron chi connectivity index (χ3n) is 5.39. The van der Waals surface area contributed by atoms with Crippen molar-refractivity contribution in [1.82, 2.24) is 0 Å². The first-order valence-corrected chi connectivity index (χ1v) is 10.1. The zero-order valence-corrected chi connectivity index (χ0v) is 16.6. The van der Waals surface area contributed by atoms with Gasteiger partial charge in [0.25, 0.3) is 0 Å². The normalized spacial score (nSPS) is 10.8. The highest BCUT2D eigenvalue weighted by atomic mass is 15.1. The van der Waals surface area contributed by atoms with Crippen molar-refractivity contribution in [2.24, 2.45) is 0 Å². The average molecular weight is 381 g/mol. The van der Waals surface area contributed by atoms with Gasteiger partial charge in [0.05, 0.1) is 0 Å². The average Bonchev–Trinajstić information content (AvgIpc) is 2.81. The van der Waals surface area contributed by atoms with Gasteiger partial charge < -0.3 is 4.90 Å². The second-order valence-corrected chi connectivity index (χ2v) is 7.34. The van der Waals surface area contributed by atoms with E-state index in [1.807, 2.05) is 18.2 Å². The first-order chi connectivity index (χ1) is 14.8. The van der Waals surface area contributed by atoms with E-state index in [2.05, 4.69) is 108 Å². The van der Waals surface area contributed by atoms with Gasteiger partial charge >= 0.3 is 0 Å². The number of fused-ring (bicyclic) bond motifs is 1. The van der Waals surface area contributed by atoms with Crippen LogP contribution in [0.15, 0.2) is 121 Å². The molecule has 0 saturated carbocycles. The Morgan fingerprint density at radius 2 is 1.03 bits per heavy atom. The van der Waals surface area contributed by atoms with Crippen LogP contribution in [0.5, 0.6) is 0 Å². The van der Waals surface area contributed by atoms with Crippen molar-refractivity contribution in [1.29, 1.82) is 0 Å². The molecular formula is C28H20BN. The number of rotatable bonds is 4. The van der Waals surface area contributed by atoms with Gasteiger partial charge in [0, 0.05) is 17.1 Å². The molecule has 0 fully saturated rings. The van der Waals surface area contributed by atoms with Gasteiger partial charge in [-0.2, -0.15) is 0 Å². The van der Waals surface area contributed by atoms with Gasteiger partial charge in [0.2, 0.25) is 0 Å². The number of benzene rings is 5. The fourth-order valence-corrected chi connectivity index (χ4v) is 3.91. The van der Waals surface area contributed by atoms with E-state index in [0.29, 0.717) is 0 Å². The van der Waals surface area contributed by atoms with Crippen LogP contribution in [0, 0.1) is 0 Å². The van der Waals surface area contributed by atoms with Crippen LogP contribution in [0.4, 0.5) is 17.1 Å². The van der Waals surface area contributed by atoms with E-state index in [4.69, 9.17) is 7.85 Å². The van der Waals surface area contributed by atoms with Gasteiger partial charge in [-0.15, -0.1) is 0 Å². The molecule has 0 saturated heterocycles. The largest absolute Gasteiger partial charge is 0.311 e. The zero-order valence-electron chi connectivity index (χ0n) is 16.6. The van der Waals surface area contributed by atoms with Crippen molar-refractivity contribution < 1.29 is 0 Å². The van der Waals surface area contributed by atoms with Gasteiger partial charge in [0.15, 0.2) is 0 Å². The lowest BCUT2D eigenvalue weighted by molar-refractivity contribution is 1.29. The first-order valence-electron chi connectivity index (χ1n) is 10.1. The molecule has 0 N–H and O–H groups in total. The number of anilines is 3. The lowest BCUT2D eigenvalue weighted by Gasteiger charge is -2.25. The second kappa shape index (κ2) is 7.92. The van der Waals surface area contributed by atoms with Crippen LogP contribution in [-0.4, -0.2) is 7.85 Å². The zero-order chi connectivity index (χ0) is 20.3. The summed E-state index contributed by atoms with van der Waals surface area (Å²) < 4.78 is 0. The van der Waals surface area contributed by atoms with Crippen molar-refractivity contribution in [2.75, 3.05) is 4.90 Å². The molecule has 0 bridgehead atoms. The van der Waals surface area contributed by atoms with Gasteiger partial charge in [-0.25, -0.2) is 0 Å². The van der Waals surface area contributed by atoms with Gasteiger partial charge in [-0.05, 0) is 58.3 Å². The summed E-state index contributed by atoms with van der Waals surface area (Å²) in [6, 6.07) is 42.1. The molecule has 0 aliphatic carbocycles. The number of hydrogen-bond acceptors (Lipinski definition) is 1. The van der Waals surface area contributed by atoms with E-state index < -0.39 is 0 Å². The monoisotopic (exact) mass is 381 g/mol. The summed E-state index contributed by atoms with van der Waals surface area (Å²) in [5.41, 5.74) is 6.51. The Bertz CT molecular complexity index is 1270.